The number of hydrogen-bond acceptors (Lipinski definition) is 4. The molecule has 2 saturated heterocycles. The molecule has 0 aliphatic carbocycles. The predicted molar refractivity (Wildman–Crippen MR) is 96.6 cm³/mol. The number of halogens is 2. The van der Waals surface area contributed by atoms with Crippen LogP contribution in [0.2, 0.25) is 5.02 Å². The molecule has 0 aromatic heterocycles. The number of nitrogens with one attached hydrogen (secondary N) is 2. The van der Waals surface area contributed by atoms with Gasteiger partial charge in [-0.15, -0.1) is 12.4 Å². The van der Waals surface area contributed by atoms with E-state index in [1.807, 2.05) is 12.1 Å². The first-order chi connectivity index (χ1) is 10.7. The SMILES string of the molecule is Cl.O=C(CN1CCN(C2CCNC2)CC1)Nc1cccc(Cl)c1. The third-order valence-corrected chi connectivity index (χ3v) is 4.67. The van der Waals surface area contributed by atoms with Crippen molar-refractivity contribution in [3.8, 4) is 0 Å². The van der Waals surface area contributed by atoms with Crippen molar-refractivity contribution in [3.05, 3.63) is 29.3 Å². The molecule has 3 rings (SSSR count). The fraction of sp³-hybridized carbons (Fsp3) is 0.562. The van der Waals surface area contributed by atoms with Crippen molar-refractivity contribution < 1.29 is 4.79 Å². The molecule has 1 aromatic carbocycles. The third-order valence-electron chi connectivity index (χ3n) is 4.43. The molecular formula is C16H24Cl2N4O. The van der Waals surface area contributed by atoms with E-state index in [-0.39, 0.29) is 18.3 Å². The number of piperazine rings is 1. The van der Waals surface area contributed by atoms with Gasteiger partial charge < -0.3 is 10.6 Å². The van der Waals surface area contributed by atoms with Crippen molar-refractivity contribution in [2.45, 2.75) is 12.5 Å². The van der Waals surface area contributed by atoms with Gasteiger partial charge in [0, 0.05) is 49.5 Å². The first-order valence-electron chi connectivity index (χ1n) is 7.93. The van der Waals surface area contributed by atoms with Gasteiger partial charge in [0.25, 0.3) is 0 Å². The zero-order valence-electron chi connectivity index (χ0n) is 13.1. The van der Waals surface area contributed by atoms with E-state index >= 15 is 0 Å². The highest BCUT2D eigenvalue weighted by Gasteiger charge is 2.26. The maximum atomic E-state index is 12.1. The zero-order valence-corrected chi connectivity index (χ0v) is 14.7. The van der Waals surface area contributed by atoms with Gasteiger partial charge in [0.05, 0.1) is 6.54 Å². The number of carbonyl (C=O) groups excluding carboxylic acids is 1. The molecule has 128 valence electrons. The second-order valence-corrected chi connectivity index (χ2v) is 6.45. The molecule has 2 N–H and O–H groups in total. The van der Waals surface area contributed by atoms with Crippen molar-refractivity contribution in [1.82, 2.24) is 15.1 Å². The third kappa shape index (κ3) is 5.33. The van der Waals surface area contributed by atoms with E-state index < -0.39 is 0 Å². The van der Waals surface area contributed by atoms with Gasteiger partial charge in [0.15, 0.2) is 0 Å². The summed E-state index contributed by atoms with van der Waals surface area (Å²) in [6, 6.07) is 7.95. The van der Waals surface area contributed by atoms with Gasteiger partial charge in [-0.05, 0) is 31.2 Å². The molecule has 1 amide bonds. The monoisotopic (exact) mass is 358 g/mol. The Kier molecular flexibility index (Phi) is 7.11. The van der Waals surface area contributed by atoms with E-state index in [0.717, 1.165) is 45.0 Å². The van der Waals surface area contributed by atoms with Crippen LogP contribution in [0.5, 0.6) is 0 Å². The molecule has 7 heteroatoms. The fourth-order valence-electron chi connectivity index (χ4n) is 3.21. The van der Waals surface area contributed by atoms with E-state index in [4.69, 9.17) is 11.6 Å². The summed E-state index contributed by atoms with van der Waals surface area (Å²) in [5, 5.41) is 6.96. The van der Waals surface area contributed by atoms with Crippen LogP contribution in [0.4, 0.5) is 5.69 Å². The van der Waals surface area contributed by atoms with Crippen molar-refractivity contribution in [2.75, 3.05) is 51.1 Å². The zero-order chi connectivity index (χ0) is 15.4. The van der Waals surface area contributed by atoms with E-state index in [2.05, 4.69) is 20.4 Å². The van der Waals surface area contributed by atoms with Gasteiger partial charge in [0.2, 0.25) is 5.91 Å². The lowest BCUT2D eigenvalue weighted by molar-refractivity contribution is -0.117. The molecule has 23 heavy (non-hydrogen) atoms. The van der Waals surface area contributed by atoms with Crippen LogP contribution in [0.15, 0.2) is 24.3 Å². The van der Waals surface area contributed by atoms with Crippen molar-refractivity contribution in [1.29, 1.82) is 0 Å². The largest absolute Gasteiger partial charge is 0.325 e. The number of hydrogen-bond donors (Lipinski definition) is 2. The Labute approximate surface area is 148 Å². The van der Waals surface area contributed by atoms with Crippen LogP contribution in [0, 0.1) is 0 Å². The molecule has 2 heterocycles. The van der Waals surface area contributed by atoms with E-state index in [0.29, 0.717) is 17.6 Å². The molecule has 2 fully saturated rings. The van der Waals surface area contributed by atoms with E-state index in [1.54, 1.807) is 12.1 Å². The maximum absolute atomic E-state index is 12.1. The smallest absolute Gasteiger partial charge is 0.238 e. The van der Waals surface area contributed by atoms with Crippen LogP contribution in [-0.2, 0) is 4.79 Å². The lowest BCUT2D eigenvalue weighted by atomic mass is 10.2. The van der Waals surface area contributed by atoms with Crippen LogP contribution in [-0.4, -0.2) is 67.6 Å². The summed E-state index contributed by atoms with van der Waals surface area (Å²) >= 11 is 5.93. The number of anilines is 1. The standard InChI is InChI=1S/C16H23ClN4O.ClH/c17-13-2-1-3-14(10-13)19-16(22)12-20-6-8-21(9-7-20)15-4-5-18-11-15;/h1-3,10,15,18H,4-9,11-12H2,(H,19,22);1H. The average Bonchev–Trinajstić information content (AvgIpc) is 3.02. The molecule has 2 aliphatic heterocycles. The fourth-order valence-corrected chi connectivity index (χ4v) is 3.40. The molecule has 0 radical (unpaired) electrons. The average molecular weight is 359 g/mol. The summed E-state index contributed by atoms with van der Waals surface area (Å²) in [6.45, 7) is 6.71. The minimum absolute atomic E-state index is 0. The van der Waals surface area contributed by atoms with Gasteiger partial charge >= 0.3 is 0 Å². The number of rotatable bonds is 4. The van der Waals surface area contributed by atoms with Crippen molar-refractivity contribution >= 4 is 35.6 Å². The minimum atomic E-state index is 0. The van der Waals surface area contributed by atoms with Gasteiger partial charge in [-0.2, -0.15) is 0 Å². The topological polar surface area (TPSA) is 47.6 Å². The summed E-state index contributed by atoms with van der Waals surface area (Å²) < 4.78 is 0. The Balaban J connectivity index is 0.00000192. The lowest BCUT2D eigenvalue weighted by Gasteiger charge is -2.37. The number of benzene rings is 1. The maximum Gasteiger partial charge on any atom is 0.238 e. The Morgan fingerprint density at radius 3 is 2.74 bits per heavy atom. The Hall–Kier alpha value is -0.850. The summed E-state index contributed by atoms with van der Waals surface area (Å²) in [4.78, 5) is 16.9. The van der Waals surface area contributed by atoms with Gasteiger partial charge in [-0.1, -0.05) is 17.7 Å². The van der Waals surface area contributed by atoms with Gasteiger partial charge in [-0.25, -0.2) is 0 Å². The highest BCUT2D eigenvalue weighted by atomic mass is 35.5. The molecule has 1 atom stereocenters. The molecule has 1 aromatic rings. The number of amides is 1. The summed E-state index contributed by atoms with van der Waals surface area (Å²) in [5.74, 6) is 0.0262. The van der Waals surface area contributed by atoms with Crippen LogP contribution in [0.1, 0.15) is 6.42 Å². The summed E-state index contributed by atoms with van der Waals surface area (Å²) in [6.07, 6.45) is 1.25. The molecule has 0 saturated carbocycles. The molecule has 0 spiro atoms. The minimum Gasteiger partial charge on any atom is -0.325 e. The second-order valence-electron chi connectivity index (χ2n) is 6.02. The Morgan fingerprint density at radius 2 is 2.09 bits per heavy atom. The van der Waals surface area contributed by atoms with Crippen LogP contribution in [0.25, 0.3) is 0 Å². The first-order valence-corrected chi connectivity index (χ1v) is 8.31. The molecule has 1 unspecified atom stereocenters. The number of carbonyl (C=O) groups is 1. The van der Waals surface area contributed by atoms with E-state index in [1.165, 1.54) is 6.42 Å². The molecule has 2 aliphatic rings. The van der Waals surface area contributed by atoms with Crippen LogP contribution < -0.4 is 10.6 Å². The first kappa shape index (κ1) is 18.5. The van der Waals surface area contributed by atoms with Crippen molar-refractivity contribution in [3.63, 3.8) is 0 Å². The van der Waals surface area contributed by atoms with Crippen LogP contribution >= 0.6 is 24.0 Å². The summed E-state index contributed by atoms with van der Waals surface area (Å²) in [5.41, 5.74) is 0.758. The van der Waals surface area contributed by atoms with Gasteiger partial charge in [-0.3, -0.25) is 14.6 Å². The lowest BCUT2D eigenvalue weighted by Crippen LogP contribution is -2.52. The second kappa shape index (κ2) is 8.85. The molecule has 5 nitrogen and oxygen atoms in total. The van der Waals surface area contributed by atoms with E-state index in [9.17, 15) is 4.79 Å². The number of nitrogens with zero attached hydrogens (tertiary/aromatic N) is 2. The molecule has 0 bridgehead atoms. The highest BCUT2D eigenvalue weighted by Crippen LogP contribution is 2.15. The Morgan fingerprint density at radius 1 is 1.30 bits per heavy atom. The van der Waals surface area contributed by atoms with Crippen molar-refractivity contribution in [2.24, 2.45) is 0 Å². The highest BCUT2D eigenvalue weighted by molar-refractivity contribution is 6.30. The molecular weight excluding hydrogens is 335 g/mol. The normalized spacial score (nSPS) is 22.6. The van der Waals surface area contributed by atoms with Crippen LogP contribution in [0.3, 0.4) is 0 Å². The Bertz CT molecular complexity index is 515. The summed E-state index contributed by atoms with van der Waals surface area (Å²) in [7, 11) is 0. The predicted octanol–water partition coefficient (Wildman–Crippen LogP) is 1.68. The van der Waals surface area contributed by atoms with Gasteiger partial charge in [0.1, 0.15) is 0 Å². The quantitative estimate of drug-likeness (QED) is 0.859.